The third-order valence-electron chi connectivity index (χ3n) is 10.9. The van der Waals surface area contributed by atoms with E-state index < -0.39 is 0 Å². The van der Waals surface area contributed by atoms with Gasteiger partial charge in [0.15, 0.2) is 0 Å². The van der Waals surface area contributed by atoms with E-state index in [0.717, 1.165) is 112 Å². The molecule has 6 aromatic rings. The molecule has 0 saturated carbocycles. The Bertz CT molecular complexity index is 2970. The Kier molecular flexibility index (Phi) is 9.38. The van der Waals surface area contributed by atoms with Gasteiger partial charge < -0.3 is 28.1 Å². The summed E-state index contributed by atoms with van der Waals surface area (Å²) >= 11 is 0. The number of methoxy groups -OCH3 is 4. The number of aryl methyl sites for hydroxylation is 1. The van der Waals surface area contributed by atoms with Gasteiger partial charge in [-0.15, -0.1) is 0 Å². The Balaban J connectivity index is 1.45. The number of ether oxygens (including phenoxy) is 4. The van der Waals surface area contributed by atoms with Crippen LogP contribution in [0.1, 0.15) is 33.5 Å². The van der Waals surface area contributed by atoms with E-state index in [1.807, 2.05) is 54.6 Å². The summed E-state index contributed by atoms with van der Waals surface area (Å²) in [6, 6.07) is 39.3. The first-order valence-corrected chi connectivity index (χ1v) is 19.1. The zero-order chi connectivity index (χ0) is 39.9. The van der Waals surface area contributed by atoms with Gasteiger partial charge in [0.05, 0.1) is 62.3 Å². The van der Waals surface area contributed by atoms with Crippen LogP contribution in [0.15, 0.2) is 167 Å². The van der Waals surface area contributed by atoms with Crippen molar-refractivity contribution in [1.82, 2.24) is 9.13 Å². The lowest BCUT2D eigenvalue weighted by molar-refractivity contribution is 0.414. The second kappa shape index (κ2) is 15.0. The van der Waals surface area contributed by atoms with Crippen LogP contribution >= 0.6 is 0 Å². The summed E-state index contributed by atoms with van der Waals surface area (Å²) in [6.07, 6.45) is 10.6. The van der Waals surface area contributed by atoms with Gasteiger partial charge in [-0.25, -0.2) is 9.98 Å². The molecule has 9 rings (SSSR count). The fourth-order valence-electron chi connectivity index (χ4n) is 8.10. The molecule has 0 atom stereocenters. The number of aliphatic imine (C=N–C) groups is 2. The summed E-state index contributed by atoms with van der Waals surface area (Å²) in [7, 11) is 11.0. The molecule has 5 heterocycles. The van der Waals surface area contributed by atoms with Crippen molar-refractivity contribution in [3.8, 4) is 23.0 Å². The lowest BCUT2D eigenvalue weighted by Gasteiger charge is -2.14. The zero-order valence-electron chi connectivity index (χ0n) is 33.3. The molecule has 2 aromatic heterocycles. The summed E-state index contributed by atoms with van der Waals surface area (Å²) in [5.41, 5.74) is 13.1. The lowest BCUT2D eigenvalue weighted by atomic mass is 9.96. The van der Waals surface area contributed by atoms with Crippen LogP contribution in [-0.2, 0) is 14.1 Å². The molecule has 4 aromatic carbocycles. The van der Waals surface area contributed by atoms with Crippen molar-refractivity contribution in [2.75, 3.05) is 28.4 Å². The normalized spacial score (nSPS) is 14.6. The number of hydrogen-bond donors (Lipinski definition) is 0. The quantitative estimate of drug-likeness (QED) is 0.158. The van der Waals surface area contributed by atoms with Crippen LogP contribution in [0.2, 0.25) is 0 Å². The van der Waals surface area contributed by atoms with E-state index in [-0.39, 0.29) is 0 Å². The molecule has 8 bridgehead atoms. The molecule has 0 aliphatic carbocycles. The number of nitrogens with zero attached hydrogens (tertiary/aromatic N) is 4. The summed E-state index contributed by atoms with van der Waals surface area (Å²) in [4.78, 5) is 10.9. The van der Waals surface area contributed by atoms with Gasteiger partial charge in [-0.3, -0.25) is 0 Å². The van der Waals surface area contributed by atoms with Crippen LogP contribution in [0.3, 0.4) is 0 Å². The minimum atomic E-state index is 0.749. The van der Waals surface area contributed by atoms with E-state index in [1.165, 1.54) is 0 Å². The molecule has 0 unspecified atom stereocenters. The Labute approximate surface area is 337 Å². The fraction of sp³-hybridized carbons (Fsp3) is 0.120. The first-order chi connectivity index (χ1) is 28.4. The predicted octanol–water partition coefficient (Wildman–Crippen LogP) is 8.05. The minimum absolute atomic E-state index is 0.749. The van der Waals surface area contributed by atoms with Gasteiger partial charge in [0, 0.05) is 53.5 Å². The van der Waals surface area contributed by atoms with Gasteiger partial charge in [0.1, 0.15) is 23.0 Å². The predicted molar refractivity (Wildman–Crippen MR) is 232 cm³/mol. The van der Waals surface area contributed by atoms with E-state index in [4.69, 9.17) is 28.9 Å². The van der Waals surface area contributed by atoms with E-state index in [1.54, 1.807) is 28.4 Å². The maximum absolute atomic E-state index is 5.76. The van der Waals surface area contributed by atoms with Gasteiger partial charge >= 0.3 is 0 Å². The third kappa shape index (κ3) is 6.38. The largest absolute Gasteiger partial charge is 0.497 e. The number of fused-ring (bicyclic) bond motifs is 6. The number of rotatable bonds is 8. The highest BCUT2D eigenvalue weighted by Crippen LogP contribution is 2.38. The van der Waals surface area contributed by atoms with Crippen molar-refractivity contribution in [3.05, 3.63) is 201 Å². The van der Waals surface area contributed by atoms with Crippen molar-refractivity contribution in [3.63, 3.8) is 0 Å². The second-order valence-electron chi connectivity index (χ2n) is 14.2. The highest BCUT2D eigenvalue weighted by Gasteiger charge is 2.26. The molecule has 0 radical (unpaired) electrons. The molecular formula is C50H42N4O4. The van der Waals surface area contributed by atoms with Gasteiger partial charge in [-0.05, 0) is 113 Å². The molecule has 8 nitrogen and oxygen atoms in total. The molecule has 0 saturated heterocycles. The van der Waals surface area contributed by atoms with Crippen LogP contribution in [0.4, 0.5) is 0 Å². The minimum Gasteiger partial charge on any atom is -0.497 e. The molecule has 0 fully saturated rings. The van der Waals surface area contributed by atoms with E-state index >= 15 is 0 Å². The average Bonchev–Trinajstić information content (AvgIpc) is 4.08. The fourth-order valence-corrected chi connectivity index (χ4v) is 8.10. The highest BCUT2D eigenvalue weighted by atomic mass is 16.5. The number of hydrogen-bond acceptors (Lipinski definition) is 6. The van der Waals surface area contributed by atoms with Gasteiger partial charge in [0.25, 0.3) is 0 Å². The van der Waals surface area contributed by atoms with Gasteiger partial charge in [0.2, 0.25) is 0 Å². The Hall–Kier alpha value is -7.32. The van der Waals surface area contributed by atoms with Crippen molar-refractivity contribution < 1.29 is 18.9 Å². The number of aromatic nitrogens is 2. The van der Waals surface area contributed by atoms with E-state index in [0.29, 0.717) is 0 Å². The Morgan fingerprint density at radius 1 is 0.414 bits per heavy atom. The van der Waals surface area contributed by atoms with Crippen molar-refractivity contribution in [1.29, 1.82) is 0 Å². The smallest absolute Gasteiger partial charge is 0.119 e. The SMILES string of the molecule is COc1cccc(C2=C3C=CC(=N3)C(c3cccc(OC)c3)=c3ccc(n3C)=C(c3cccc(OC)c3)c3cc(n(C)c3)C(c3cccc(OC)c3)=C3C=CC2=N3)c1. The topological polar surface area (TPSA) is 71.5 Å². The van der Waals surface area contributed by atoms with Crippen LogP contribution < -0.4 is 29.6 Å². The molecule has 0 amide bonds. The molecule has 0 spiro atoms. The standard InChI is InChI=1S/C50H42N4O4/c1-53-30-35-29-46(53)50(34-14-10-18-39(28-34)58-6)43-22-20-41(52-43)48(32-12-8-16-37(26-32)56-4)40-19-21-42(51-40)49(33-13-9-17-38(27-33)57-5)45-24-23-44(54(45)2)47(35)31-11-7-15-36(25-31)55-3/h7-30H,1-6H3. The van der Waals surface area contributed by atoms with Crippen LogP contribution in [0.25, 0.3) is 22.3 Å². The maximum atomic E-state index is 5.76. The molecule has 58 heavy (non-hydrogen) atoms. The molecular weight excluding hydrogens is 721 g/mol. The van der Waals surface area contributed by atoms with E-state index in [2.05, 4.69) is 114 Å². The molecule has 3 aliphatic rings. The third-order valence-corrected chi connectivity index (χ3v) is 10.9. The molecule has 286 valence electrons. The van der Waals surface area contributed by atoms with Crippen LogP contribution in [-0.4, -0.2) is 49.0 Å². The van der Waals surface area contributed by atoms with Crippen LogP contribution in [0, 0.1) is 0 Å². The van der Waals surface area contributed by atoms with Gasteiger partial charge in [-0.2, -0.15) is 0 Å². The maximum Gasteiger partial charge on any atom is 0.119 e. The van der Waals surface area contributed by atoms with Crippen molar-refractivity contribution in [2.45, 2.75) is 0 Å². The summed E-state index contributed by atoms with van der Waals surface area (Å²) in [5.74, 6) is 3.05. The molecule has 0 N–H and O–H groups in total. The van der Waals surface area contributed by atoms with Crippen LogP contribution in [0.5, 0.6) is 23.0 Å². The Morgan fingerprint density at radius 2 is 0.828 bits per heavy atom. The summed E-state index contributed by atoms with van der Waals surface area (Å²) in [5, 5.41) is 2.02. The lowest BCUT2D eigenvalue weighted by Crippen LogP contribution is -2.29. The van der Waals surface area contributed by atoms with E-state index in [9.17, 15) is 0 Å². The highest BCUT2D eigenvalue weighted by molar-refractivity contribution is 6.35. The molecule has 3 aliphatic heterocycles. The number of allylic oxidation sites excluding steroid dienone is 5. The summed E-state index contributed by atoms with van der Waals surface area (Å²) < 4.78 is 27.4. The first-order valence-electron chi connectivity index (χ1n) is 19.1. The Morgan fingerprint density at radius 3 is 1.33 bits per heavy atom. The first kappa shape index (κ1) is 36.3. The van der Waals surface area contributed by atoms with Gasteiger partial charge in [-0.1, -0.05) is 48.5 Å². The average molecular weight is 763 g/mol. The second-order valence-corrected chi connectivity index (χ2v) is 14.2. The number of benzene rings is 4. The zero-order valence-corrected chi connectivity index (χ0v) is 33.3. The monoisotopic (exact) mass is 762 g/mol. The summed E-state index contributed by atoms with van der Waals surface area (Å²) in [6.45, 7) is 0. The van der Waals surface area contributed by atoms with Crippen molar-refractivity contribution in [2.24, 2.45) is 24.1 Å². The van der Waals surface area contributed by atoms with Crippen molar-refractivity contribution >= 4 is 33.7 Å². The molecule has 8 heteroatoms.